The molecule has 0 saturated heterocycles. The summed E-state index contributed by atoms with van der Waals surface area (Å²) in [4.78, 5) is 39.9. The summed E-state index contributed by atoms with van der Waals surface area (Å²) < 4.78 is 5.72. The number of rotatable bonds is 6. The number of hydrogen-bond donors (Lipinski definition) is 0. The van der Waals surface area contributed by atoms with E-state index >= 15 is 0 Å². The molecule has 1 aliphatic heterocycles. The van der Waals surface area contributed by atoms with Crippen molar-refractivity contribution in [1.29, 1.82) is 0 Å². The molecule has 28 heavy (non-hydrogen) atoms. The van der Waals surface area contributed by atoms with Gasteiger partial charge in [-0.1, -0.05) is 17.7 Å². The Morgan fingerprint density at radius 1 is 0.929 bits per heavy atom. The fourth-order valence-electron chi connectivity index (χ4n) is 3.25. The molecular weight excluding hydrogens is 356 g/mol. The van der Waals surface area contributed by atoms with Crippen LogP contribution in [0.25, 0.3) is 0 Å². The maximum atomic E-state index is 12.5. The van der Waals surface area contributed by atoms with Crippen LogP contribution in [-0.4, -0.2) is 54.3 Å². The van der Waals surface area contributed by atoms with Crippen LogP contribution in [-0.2, 0) is 4.79 Å². The van der Waals surface area contributed by atoms with Crippen molar-refractivity contribution >= 4 is 17.7 Å². The van der Waals surface area contributed by atoms with Crippen LogP contribution in [0.5, 0.6) is 5.75 Å². The molecule has 0 aromatic heterocycles. The Bertz CT molecular complexity index is 931. The summed E-state index contributed by atoms with van der Waals surface area (Å²) in [5.74, 6) is -0.394. The summed E-state index contributed by atoms with van der Waals surface area (Å²) in [5.41, 5.74) is 3.83. The molecule has 0 N–H and O–H groups in total. The summed E-state index contributed by atoms with van der Waals surface area (Å²) in [6.45, 7) is 6.26. The molecule has 0 aliphatic carbocycles. The van der Waals surface area contributed by atoms with Gasteiger partial charge in [0.05, 0.1) is 17.7 Å². The second-order valence-electron chi connectivity index (χ2n) is 7.23. The Balaban J connectivity index is 1.56. The zero-order chi connectivity index (χ0) is 20.4. The average Bonchev–Trinajstić information content (AvgIpc) is 2.85. The van der Waals surface area contributed by atoms with Gasteiger partial charge < -0.3 is 9.64 Å². The smallest absolute Gasteiger partial charge is 0.262 e. The van der Waals surface area contributed by atoms with Crippen LogP contribution < -0.4 is 4.74 Å². The largest absolute Gasteiger partial charge is 0.492 e. The molecule has 0 spiro atoms. The predicted molar refractivity (Wildman–Crippen MR) is 106 cm³/mol. The summed E-state index contributed by atoms with van der Waals surface area (Å²) in [6, 6.07) is 11.0. The lowest BCUT2D eigenvalue weighted by atomic mass is 10.1. The van der Waals surface area contributed by atoms with E-state index in [1.165, 1.54) is 4.90 Å². The molecule has 2 aromatic rings. The van der Waals surface area contributed by atoms with E-state index in [1.54, 1.807) is 25.2 Å². The van der Waals surface area contributed by atoms with Gasteiger partial charge in [-0.05, 0) is 56.2 Å². The quantitative estimate of drug-likeness (QED) is 0.723. The van der Waals surface area contributed by atoms with Crippen molar-refractivity contribution in [3.05, 3.63) is 64.2 Å². The van der Waals surface area contributed by atoms with Crippen molar-refractivity contribution in [2.24, 2.45) is 0 Å². The highest BCUT2D eigenvalue weighted by Crippen LogP contribution is 2.23. The molecule has 3 amide bonds. The molecule has 146 valence electrons. The van der Waals surface area contributed by atoms with Crippen LogP contribution in [0, 0.1) is 20.8 Å². The van der Waals surface area contributed by atoms with E-state index in [0.717, 1.165) is 27.3 Å². The summed E-state index contributed by atoms with van der Waals surface area (Å²) in [6.07, 6.45) is 0. The first-order valence-electron chi connectivity index (χ1n) is 9.18. The molecule has 0 fully saturated rings. The number of amides is 3. The molecular formula is C22H24N2O4. The lowest BCUT2D eigenvalue weighted by Gasteiger charge is -2.21. The molecule has 0 atom stereocenters. The Morgan fingerprint density at radius 2 is 1.57 bits per heavy atom. The normalized spacial score (nSPS) is 12.9. The maximum absolute atomic E-state index is 12.5. The van der Waals surface area contributed by atoms with Gasteiger partial charge in [0.2, 0.25) is 5.91 Å². The lowest BCUT2D eigenvalue weighted by Crippen LogP contribution is -2.42. The predicted octanol–water partition coefficient (Wildman–Crippen LogP) is 2.75. The second-order valence-corrected chi connectivity index (χ2v) is 7.23. The number of fused-ring (bicyclic) bond motifs is 1. The molecule has 6 nitrogen and oxygen atoms in total. The average molecular weight is 380 g/mol. The zero-order valence-electron chi connectivity index (χ0n) is 16.6. The number of likely N-dealkylation sites (N-methyl/N-ethyl adjacent to an activating group) is 1. The number of ether oxygens (including phenoxy) is 1. The lowest BCUT2D eigenvalue weighted by molar-refractivity contribution is -0.130. The van der Waals surface area contributed by atoms with Crippen LogP contribution in [0.1, 0.15) is 37.4 Å². The molecule has 6 heteroatoms. The first-order valence-corrected chi connectivity index (χ1v) is 9.18. The van der Waals surface area contributed by atoms with E-state index in [1.807, 2.05) is 32.9 Å². The number of carbonyl (C=O) groups is 3. The number of benzene rings is 2. The summed E-state index contributed by atoms with van der Waals surface area (Å²) in [5, 5.41) is 0. The molecule has 3 rings (SSSR count). The van der Waals surface area contributed by atoms with E-state index in [4.69, 9.17) is 4.74 Å². The Hall–Kier alpha value is -3.15. The Kier molecular flexibility index (Phi) is 5.49. The van der Waals surface area contributed by atoms with E-state index in [0.29, 0.717) is 24.3 Å². The zero-order valence-corrected chi connectivity index (χ0v) is 16.6. The molecule has 1 aliphatic rings. The minimum absolute atomic E-state index is 0.272. The topological polar surface area (TPSA) is 66.9 Å². The van der Waals surface area contributed by atoms with Crippen molar-refractivity contribution in [2.75, 3.05) is 26.7 Å². The van der Waals surface area contributed by atoms with Crippen LogP contribution >= 0.6 is 0 Å². The SMILES string of the molecule is Cc1cc(C)cc(OCCN(C)C(=O)CN2C(=O)c3ccc(C)cc3C2=O)c1. The van der Waals surface area contributed by atoms with Crippen molar-refractivity contribution in [2.45, 2.75) is 20.8 Å². The summed E-state index contributed by atoms with van der Waals surface area (Å²) >= 11 is 0. The van der Waals surface area contributed by atoms with Crippen molar-refractivity contribution in [3.63, 3.8) is 0 Å². The first-order chi connectivity index (χ1) is 13.3. The van der Waals surface area contributed by atoms with Gasteiger partial charge in [-0.3, -0.25) is 19.3 Å². The Labute approximate surface area is 164 Å². The van der Waals surface area contributed by atoms with Gasteiger partial charge in [-0.2, -0.15) is 0 Å². The molecule has 0 unspecified atom stereocenters. The standard InChI is InChI=1S/C22H24N2O4/c1-14-5-6-18-19(12-14)22(27)24(21(18)26)13-20(25)23(4)7-8-28-17-10-15(2)9-16(3)11-17/h5-6,9-12H,7-8,13H2,1-4H3. The number of hydrogen-bond acceptors (Lipinski definition) is 4. The molecule has 2 aromatic carbocycles. The van der Waals surface area contributed by atoms with Gasteiger partial charge in [-0.25, -0.2) is 0 Å². The molecule has 0 bridgehead atoms. The van der Waals surface area contributed by atoms with Gasteiger partial charge in [-0.15, -0.1) is 0 Å². The van der Waals surface area contributed by atoms with Gasteiger partial charge in [0.15, 0.2) is 0 Å². The highest BCUT2D eigenvalue weighted by molar-refractivity contribution is 6.22. The minimum atomic E-state index is -0.423. The van der Waals surface area contributed by atoms with Gasteiger partial charge >= 0.3 is 0 Å². The fourth-order valence-corrected chi connectivity index (χ4v) is 3.25. The monoisotopic (exact) mass is 380 g/mol. The van der Waals surface area contributed by atoms with E-state index in [9.17, 15) is 14.4 Å². The van der Waals surface area contributed by atoms with Crippen LogP contribution in [0.2, 0.25) is 0 Å². The van der Waals surface area contributed by atoms with Crippen LogP contribution in [0.3, 0.4) is 0 Å². The highest BCUT2D eigenvalue weighted by atomic mass is 16.5. The number of aryl methyl sites for hydroxylation is 3. The van der Waals surface area contributed by atoms with E-state index < -0.39 is 11.8 Å². The van der Waals surface area contributed by atoms with Gasteiger partial charge in [0.1, 0.15) is 18.9 Å². The van der Waals surface area contributed by atoms with Crippen molar-refractivity contribution in [1.82, 2.24) is 9.80 Å². The second kappa shape index (κ2) is 7.84. The van der Waals surface area contributed by atoms with Gasteiger partial charge in [0, 0.05) is 7.05 Å². The third-order valence-corrected chi connectivity index (χ3v) is 4.74. The third kappa shape index (κ3) is 4.06. The number of carbonyl (C=O) groups excluding carboxylic acids is 3. The van der Waals surface area contributed by atoms with Gasteiger partial charge in [0.25, 0.3) is 11.8 Å². The third-order valence-electron chi connectivity index (χ3n) is 4.74. The molecule has 0 radical (unpaired) electrons. The van der Waals surface area contributed by atoms with E-state index in [2.05, 4.69) is 6.07 Å². The highest BCUT2D eigenvalue weighted by Gasteiger charge is 2.37. The maximum Gasteiger partial charge on any atom is 0.262 e. The van der Waals surface area contributed by atoms with Crippen molar-refractivity contribution in [3.8, 4) is 5.75 Å². The van der Waals surface area contributed by atoms with Crippen LogP contribution in [0.4, 0.5) is 0 Å². The number of imide groups is 1. The first kappa shape index (κ1) is 19.6. The molecule has 0 saturated carbocycles. The minimum Gasteiger partial charge on any atom is -0.492 e. The molecule has 1 heterocycles. The number of nitrogens with zero attached hydrogens (tertiary/aromatic N) is 2. The van der Waals surface area contributed by atoms with Crippen molar-refractivity contribution < 1.29 is 19.1 Å². The Morgan fingerprint density at radius 3 is 2.25 bits per heavy atom. The van der Waals surface area contributed by atoms with Crippen LogP contribution in [0.15, 0.2) is 36.4 Å². The fraction of sp³-hybridized carbons (Fsp3) is 0.318. The van der Waals surface area contributed by atoms with E-state index in [-0.39, 0.29) is 12.5 Å². The summed E-state index contributed by atoms with van der Waals surface area (Å²) in [7, 11) is 1.63.